The molecule has 0 bridgehead atoms. The summed E-state index contributed by atoms with van der Waals surface area (Å²) in [4.78, 5) is 10.9. The number of rotatable bonds is 2. The molecule has 58 valence electrons. The summed E-state index contributed by atoms with van der Waals surface area (Å²) in [5, 5.41) is 0. The Bertz CT molecular complexity index is 150. The summed E-state index contributed by atoms with van der Waals surface area (Å²) in [5.74, 6) is -0.263. The number of ether oxygens (including phenoxy) is 1. The van der Waals surface area contributed by atoms with E-state index in [2.05, 4.69) is 0 Å². The number of hydrogen-bond acceptors (Lipinski definition) is 3. The van der Waals surface area contributed by atoms with E-state index in [9.17, 15) is 4.79 Å². The van der Waals surface area contributed by atoms with Gasteiger partial charge in [-0.25, -0.2) is 0 Å². The van der Waals surface area contributed by atoms with Gasteiger partial charge in [-0.1, -0.05) is 13.8 Å². The third-order valence-electron chi connectivity index (χ3n) is 1.52. The van der Waals surface area contributed by atoms with Crippen LogP contribution in [0.1, 0.15) is 26.7 Å². The summed E-state index contributed by atoms with van der Waals surface area (Å²) >= 11 is 0. The molecule has 1 aliphatic carbocycles. The van der Waals surface area contributed by atoms with Crippen molar-refractivity contribution in [3.05, 3.63) is 0 Å². The predicted molar refractivity (Wildman–Crippen MR) is 37.1 cm³/mol. The molecule has 0 atom stereocenters. The quantitative estimate of drug-likeness (QED) is 0.455. The Morgan fingerprint density at radius 1 is 1.60 bits per heavy atom. The van der Waals surface area contributed by atoms with Gasteiger partial charge in [0.25, 0.3) is 0 Å². The fourth-order valence-electron chi connectivity index (χ4n) is 0.543. The predicted octanol–water partition coefficient (Wildman–Crippen LogP) is 0.634. The fraction of sp³-hybridized carbons (Fsp3) is 0.857. The van der Waals surface area contributed by atoms with Crippen LogP contribution < -0.4 is 5.73 Å². The Hall–Kier alpha value is -0.570. The Balaban J connectivity index is 2.31. The molecule has 0 aromatic carbocycles. The second kappa shape index (κ2) is 2.23. The average molecular weight is 143 g/mol. The van der Waals surface area contributed by atoms with Gasteiger partial charge < -0.3 is 4.74 Å². The van der Waals surface area contributed by atoms with Crippen LogP contribution in [0.2, 0.25) is 0 Å². The molecule has 0 heterocycles. The van der Waals surface area contributed by atoms with Crippen molar-refractivity contribution < 1.29 is 9.53 Å². The van der Waals surface area contributed by atoms with Gasteiger partial charge in [0, 0.05) is 12.8 Å². The van der Waals surface area contributed by atoms with E-state index in [-0.39, 0.29) is 11.9 Å². The smallest absolute Gasteiger partial charge is 0.310 e. The van der Waals surface area contributed by atoms with Crippen molar-refractivity contribution in [2.24, 2.45) is 11.7 Å². The minimum Gasteiger partial charge on any atom is -0.444 e. The van der Waals surface area contributed by atoms with Gasteiger partial charge in [-0.3, -0.25) is 10.5 Å². The number of hydrogen-bond donors (Lipinski definition) is 1. The summed E-state index contributed by atoms with van der Waals surface area (Å²) in [6.45, 7) is 3.60. The minimum absolute atomic E-state index is 0.0685. The molecule has 0 amide bonds. The Labute approximate surface area is 60.5 Å². The monoisotopic (exact) mass is 143 g/mol. The third-order valence-corrected chi connectivity index (χ3v) is 1.52. The minimum atomic E-state index is -0.596. The van der Waals surface area contributed by atoms with E-state index in [1.807, 2.05) is 0 Å². The lowest BCUT2D eigenvalue weighted by Gasteiger charge is -2.12. The Morgan fingerprint density at radius 2 is 2.10 bits per heavy atom. The van der Waals surface area contributed by atoms with Crippen LogP contribution in [0.3, 0.4) is 0 Å². The lowest BCUT2D eigenvalue weighted by Crippen LogP contribution is -2.30. The third kappa shape index (κ3) is 1.70. The number of carbonyl (C=O) groups excluding carboxylic acids is 1. The van der Waals surface area contributed by atoms with Crippen LogP contribution in [0.4, 0.5) is 0 Å². The highest BCUT2D eigenvalue weighted by Gasteiger charge is 2.43. The zero-order valence-electron chi connectivity index (χ0n) is 6.39. The molecule has 0 radical (unpaired) electrons. The molecule has 1 aliphatic rings. The van der Waals surface area contributed by atoms with E-state index in [1.165, 1.54) is 0 Å². The maximum Gasteiger partial charge on any atom is 0.310 e. The van der Waals surface area contributed by atoms with Crippen molar-refractivity contribution in [3.8, 4) is 0 Å². The highest BCUT2D eigenvalue weighted by molar-refractivity contribution is 5.72. The molecule has 0 unspecified atom stereocenters. The summed E-state index contributed by atoms with van der Waals surface area (Å²) in [6, 6.07) is 0. The molecular weight excluding hydrogens is 130 g/mol. The van der Waals surface area contributed by atoms with Crippen molar-refractivity contribution >= 4 is 5.97 Å². The topological polar surface area (TPSA) is 52.3 Å². The van der Waals surface area contributed by atoms with Crippen LogP contribution in [0.5, 0.6) is 0 Å². The first kappa shape index (κ1) is 7.54. The Kier molecular flexibility index (Phi) is 1.68. The molecular formula is C7H13NO2. The second-order valence-electron chi connectivity index (χ2n) is 3.14. The molecule has 1 rings (SSSR count). The molecule has 10 heavy (non-hydrogen) atoms. The van der Waals surface area contributed by atoms with Gasteiger partial charge in [0.1, 0.15) is 0 Å². The molecule has 3 heteroatoms. The molecule has 0 spiro atoms. The fourth-order valence-corrected chi connectivity index (χ4v) is 0.543. The van der Waals surface area contributed by atoms with Crippen LogP contribution in [-0.4, -0.2) is 11.7 Å². The molecule has 0 aliphatic heterocycles. The van der Waals surface area contributed by atoms with Crippen molar-refractivity contribution in [1.82, 2.24) is 0 Å². The molecule has 0 aromatic rings. The summed E-state index contributed by atoms with van der Waals surface area (Å²) in [6.07, 6.45) is 1.62. The van der Waals surface area contributed by atoms with Gasteiger partial charge >= 0.3 is 5.97 Å². The molecule has 0 saturated heterocycles. The first-order valence-corrected chi connectivity index (χ1v) is 3.55. The summed E-state index contributed by atoms with van der Waals surface area (Å²) < 4.78 is 4.95. The lowest BCUT2D eigenvalue weighted by molar-refractivity contribution is -0.154. The van der Waals surface area contributed by atoms with Crippen molar-refractivity contribution in [3.63, 3.8) is 0 Å². The van der Waals surface area contributed by atoms with Crippen LogP contribution in [0.15, 0.2) is 0 Å². The normalized spacial score (nSPS) is 20.8. The van der Waals surface area contributed by atoms with Crippen LogP contribution >= 0.6 is 0 Å². The highest BCUT2D eigenvalue weighted by Crippen LogP contribution is 2.33. The Morgan fingerprint density at radius 3 is 2.40 bits per heavy atom. The van der Waals surface area contributed by atoms with E-state index in [0.717, 1.165) is 12.8 Å². The maximum absolute atomic E-state index is 10.9. The highest BCUT2D eigenvalue weighted by atomic mass is 16.6. The van der Waals surface area contributed by atoms with E-state index in [0.29, 0.717) is 0 Å². The van der Waals surface area contributed by atoms with Crippen molar-refractivity contribution in [2.75, 3.05) is 0 Å². The lowest BCUT2D eigenvalue weighted by atomic mass is 10.2. The molecule has 3 nitrogen and oxygen atoms in total. The molecule has 1 saturated carbocycles. The number of esters is 1. The van der Waals surface area contributed by atoms with E-state index in [4.69, 9.17) is 10.5 Å². The van der Waals surface area contributed by atoms with Crippen molar-refractivity contribution in [1.29, 1.82) is 0 Å². The summed E-state index contributed by atoms with van der Waals surface area (Å²) in [5.41, 5.74) is 4.95. The number of carbonyl (C=O) groups is 1. The van der Waals surface area contributed by atoms with E-state index < -0.39 is 5.72 Å². The van der Waals surface area contributed by atoms with Gasteiger partial charge in [0.15, 0.2) is 5.72 Å². The van der Waals surface area contributed by atoms with Crippen molar-refractivity contribution in [2.45, 2.75) is 32.4 Å². The largest absolute Gasteiger partial charge is 0.444 e. The van der Waals surface area contributed by atoms with Gasteiger partial charge in [0.2, 0.25) is 0 Å². The van der Waals surface area contributed by atoms with Gasteiger partial charge in [0.05, 0.1) is 5.92 Å². The second-order valence-corrected chi connectivity index (χ2v) is 3.14. The molecule has 2 N–H and O–H groups in total. The standard InChI is InChI=1S/C7H13NO2/c1-5(2)6(9)10-7(8)3-4-7/h5H,3-4,8H2,1-2H3. The van der Waals surface area contributed by atoms with Gasteiger partial charge in [-0.2, -0.15) is 0 Å². The van der Waals surface area contributed by atoms with E-state index in [1.54, 1.807) is 13.8 Å². The SMILES string of the molecule is CC(C)C(=O)OC1(N)CC1. The van der Waals surface area contributed by atoms with Crippen LogP contribution in [0.25, 0.3) is 0 Å². The summed E-state index contributed by atoms with van der Waals surface area (Å²) in [7, 11) is 0. The van der Waals surface area contributed by atoms with Crippen LogP contribution in [0, 0.1) is 5.92 Å². The first-order chi connectivity index (χ1) is 4.53. The number of nitrogens with two attached hydrogens (primary N) is 1. The zero-order chi connectivity index (χ0) is 7.78. The molecule has 1 fully saturated rings. The van der Waals surface area contributed by atoms with Crippen LogP contribution in [-0.2, 0) is 9.53 Å². The van der Waals surface area contributed by atoms with Gasteiger partial charge in [-0.15, -0.1) is 0 Å². The van der Waals surface area contributed by atoms with Gasteiger partial charge in [-0.05, 0) is 0 Å². The average Bonchev–Trinajstić information content (AvgIpc) is 2.47. The first-order valence-electron chi connectivity index (χ1n) is 3.55. The zero-order valence-corrected chi connectivity index (χ0v) is 6.39. The maximum atomic E-state index is 10.9. The molecule has 0 aromatic heterocycles. The van der Waals surface area contributed by atoms with E-state index >= 15 is 0 Å².